The van der Waals surface area contributed by atoms with E-state index in [1.165, 1.54) is 12.1 Å². The second-order valence-electron chi connectivity index (χ2n) is 4.73. The highest BCUT2D eigenvalue weighted by atomic mass is 35.5. The number of nitrogens with two attached hydrogens (primary N) is 1. The van der Waals surface area contributed by atoms with Gasteiger partial charge in [0.1, 0.15) is 0 Å². The van der Waals surface area contributed by atoms with E-state index in [0.717, 1.165) is 31.2 Å². The Labute approximate surface area is 111 Å². The molecule has 1 fully saturated rings. The molecule has 102 valence electrons. The minimum Gasteiger partial charge on any atom is -0.328 e. The molecule has 0 aliphatic heterocycles. The molecule has 0 atom stereocenters. The molecule has 0 radical (unpaired) electrons. The number of alkyl halides is 3. The lowest BCUT2D eigenvalue weighted by Crippen LogP contribution is -2.25. The molecule has 0 spiro atoms. The zero-order valence-electron chi connectivity index (χ0n) is 9.91. The van der Waals surface area contributed by atoms with Crippen molar-refractivity contribution < 1.29 is 13.2 Å². The van der Waals surface area contributed by atoms with Gasteiger partial charge in [-0.05, 0) is 49.3 Å². The van der Waals surface area contributed by atoms with Crippen LogP contribution in [0.1, 0.15) is 42.7 Å². The van der Waals surface area contributed by atoms with E-state index in [1.54, 1.807) is 12.1 Å². The zero-order chi connectivity index (χ0) is 12.5. The first-order valence-electron chi connectivity index (χ1n) is 5.89. The van der Waals surface area contributed by atoms with Crippen LogP contribution in [0.25, 0.3) is 0 Å². The maximum absolute atomic E-state index is 12.4. The van der Waals surface area contributed by atoms with Gasteiger partial charge in [0.15, 0.2) is 0 Å². The van der Waals surface area contributed by atoms with Crippen LogP contribution in [-0.4, -0.2) is 6.04 Å². The molecule has 0 aromatic heterocycles. The fourth-order valence-electron chi connectivity index (χ4n) is 2.40. The fraction of sp³-hybridized carbons (Fsp3) is 0.538. The lowest BCUT2D eigenvalue weighted by molar-refractivity contribution is -0.137. The monoisotopic (exact) mass is 279 g/mol. The summed E-state index contributed by atoms with van der Waals surface area (Å²) >= 11 is 0. The highest BCUT2D eigenvalue weighted by molar-refractivity contribution is 5.85. The van der Waals surface area contributed by atoms with Crippen LogP contribution in [0.4, 0.5) is 13.2 Å². The van der Waals surface area contributed by atoms with E-state index in [-0.39, 0.29) is 18.4 Å². The summed E-state index contributed by atoms with van der Waals surface area (Å²) in [4.78, 5) is 0. The van der Waals surface area contributed by atoms with Crippen molar-refractivity contribution in [2.75, 3.05) is 0 Å². The van der Waals surface area contributed by atoms with Crippen molar-refractivity contribution in [3.05, 3.63) is 35.4 Å². The Bertz CT molecular complexity index is 367. The third-order valence-electron chi connectivity index (χ3n) is 3.48. The Balaban J connectivity index is 0.00000162. The molecule has 1 aromatic carbocycles. The van der Waals surface area contributed by atoms with E-state index in [1.807, 2.05) is 0 Å². The molecule has 1 saturated carbocycles. The average molecular weight is 280 g/mol. The molecular weight excluding hydrogens is 263 g/mol. The van der Waals surface area contributed by atoms with Crippen LogP contribution in [0.15, 0.2) is 24.3 Å². The molecule has 0 heterocycles. The molecule has 1 nitrogen and oxygen atoms in total. The molecule has 0 saturated heterocycles. The number of hydrogen-bond donors (Lipinski definition) is 1. The second kappa shape index (κ2) is 5.93. The molecule has 1 aliphatic carbocycles. The van der Waals surface area contributed by atoms with E-state index in [2.05, 4.69) is 0 Å². The number of halogens is 4. The standard InChI is InChI=1S/C13H16F3N.ClH/c14-13(15,16)11-5-1-9(2-6-11)10-3-7-12(17)8-4-10;/h1-2,5-6,10,12H,3-4,7-8,17H2;1H. The summed E-state index contributed by atoms with van der Waals surface area (Å²) in [5.41, 5.74) is 6.24. The maximum atomic E-state index is 12.4. The van der Waals surface area contributed by atoms with Gasteiger partial charge in [-0.2, -0.15) is 13.2 Å². The van der Waals surface area contributed by atoms with Crippen molar-refractivity contribution >= 4 is 12.4 Å². The summed E-state index contributed by atoms with van der Waals surface area (Å²) in [6.07, 6.45) is -0.357. The predicted molar refractivity (Wildman–Crippen MR) is 67.9 cm³/mol. The molecule has 0 amide bonds. The normalized spacial score (nSPS) is 24.4. The third kappa shape index (κ3) is 3.62. The minimum absolute atomic E-state index is 0. The lowest BCUT2D eigenvalue weighted by Gasteiger charge is -2.26. The second-order valence-corrected chi connectivity index (χ2v) is 4.73. The molecule has 2 rings (SSSR count). The molecule has 18 heavy (non-hydrogen) atoms. The Morgan fingerprint density at radius 2 is 1.44 bits per heavy atom. The van der Waals surface area contributed by atoms with Crippen molar-refractivity contribution in [1.82, 2.24) is 0 Å². The smallest absolute Gasteiger partial charge is 0.328 e. The van der Waals surface area contributed by atoms with Gasteiger partial charge in [0.05, 0.1) is 5.56 Å². The molecule has 1 aromatic rings. The van der Waals surface area contributed by atoms with Crippen LogP contribution in [-0.2, 0) is 6.18 Å². The largest absolute Gasteiger partial charge is 0.416 e. The van der Waals surface area contributed by atoms with Gasteiger partial charge >= 0.3 is 6.18 Å². The first-order chi connectivity index (χ1) is 7.97. The summed E-state index contributed by atoms with van der Waals surface area (Å²) in [6.45, 7) is 0. The van der Waals surface area contributed by atoms with E-state index in [4.69, 9.17) is 5.73 Å². The summed E-state index contributed by atoms with van der Waals surface area (Å²) < 4.78 is 37.2. The van der Waals surface area contributed by atoms with Gasteiger partial charge in [-0.1, -0.05) is 12.1 Å². The van der Waals surface area contributed by atoms with Crippen molar-refractivity contribution in [2.45, 2.75) is 43.8 Å². The van der Waals surface area contributed by atoms with Crippen LogP contribution in [0, 0.1) is 0 Å². The average Bonchev–Trinajstić information content (AvgIpc) is 2.29. The van der Waals surface area contributed by atoms with Gasteiger partial charge < -0.3 is 5.73 Å². The summed E-state index contributed by atoms with van der Waals surface area (Å²) in [5.74, 6) is 0.372. The quantitative estimate of drug-likeness (QED) is 0.822. The Morgan fingerprint density at radius 3 is 1.89 bits per heavy atom. The Morgan fingerprint density at radius 1 is 0.944 bits per heavy atom. The number of hydrogen-bond acceptors (Lipinski definition) is 1. The van der Waals surface area contributed by atoms with Crippen molar-refractivity contribution in [3.63, 3.8) is 0 Å². The zero-order valence-corrected chi connectivity index (χ0v) is 10.7. The summed E-state index contributed by atoms with van der Waals surface area (Å²) in [6, 6.07) is 5.81. The minimum atomic E-state index is -4.24. The first kappa shape index (κ1) is 15.3. The van der Waals surface area contributed by atoms with Crippen LogP contribution in [0.3, 0.4) is 0 Å². The molecule has 0 unspecified atom stereocenters. The van der Waals surface area contributed by atoms with E-state index in [0.29, 0.717) is 5.92 Å². The lowest BCUT2D eigenvalue weighted by atomic mass is 9.82. The maximum Gasteiger partial charge on any atom is 0.416 e. The van der Waals surface area contributed by atoms with Crippen molar-refractivity contribution in [3.8, 4) is 0 Å². The van der Waals surface area contributed by atoms with Crippen LogP contribution < -0.4 is 5.73 Å². The van der Waals surface area contributed by atoms with Gasteiger partial charge in [0.2, 0.25) is 0 Å². The van der Waals surface area contributed by atoms with E-state index in [9.17, 15) is 13.2 Å². The molecule has 0 bridgehead atoms. The molecular formula is C13H17ClF3N. The van der Waals surface area contributed by atoms with Crippen LogP contribution >= 0.6 is 12.4 Å². The highest BCUT2D eigenvalue weighted by Crippen LogP contribution is 2.34. The van der Waals surface area contributed by atoms with Gasteiger partial charge in [0.25, 0.3) is 0 Å². The van der Waals surface area contributed by atoms with Gasteiger partial charge in [-0.25, -0.2) is 0 Å². The molecule has 5 heteroatoms. The topological polar surface area (TPSA) is 26.0 Å². The Hall–Kier alpha value is -0.740. The third-order valence-corrected chi connectivity index (χ3v) is 3.48. The van der Waals surface area contributed by atoms with Crippen LogP contribution in [0.5, 0.6) is 0 Å². The van der Waals surface area contributed by atoms with E-state index >= 15 is 0 Å². The van der Waals surface area contributed by atoms with Gasteiger partial charge in [0, 0.05) is 6.04 Å². The highest BCUT2D eigenvalue weighted by Gasteiger charge is 2.30. The van der Waals surface area contributed by atoms with Crippen LogP contribution in [0.2, 0.25) is 0 Å². The number of benzene rings is 1. The van der Waals surface area contributed by atoms with Crippen molar-refractivity contribution in [2.24, 2.45) is 5.73 Å². The summed E-state index contributed by atoms with van der Waals surface area (Å²) in [7, 11) is 0. The Kier molecular flexibility index (Phi) is 5.05. The summed E-state index contributed by atoms with van der Waals surface area (Å²) in [5, 5.41) is 0. The first-order valence-corrected chi connectivity index (χ1v) is 5.89. The van der Waals surface area contributed by atoms with Gasteiger partial charge in [-0.15, -0.1) is 12.4 Å². The molecule has 2 N–H and O–H groups in total. The number of rotatable bonds is 1. The van der Waals surface area contributed by atoms with E-state index < -0.39 is 11.7 Å². The molecule has 1 aliphatic rings. The fourth-order valence-corrected chi connectivity index (χ4v) is 2.40. The SMILES string of the molecule is Cl.NC1CCC(c2ccc(C(F)(F)F)cc2)CC1. The van der Waals surface area contributed by atoms with Crippen molar-refractivity contribution in [1.29, 1.82) is 0 Å². The van der Waals surface area contributed by atoms with Gasteiger partial charge in [-0.3, -0.25) is 0 Å². The predicted octanol–water partition coefficient (Wildman–Crippen LogP) is 4.11.